The van der Waals surface area contributed by atoms with Gasteiger partial charge in [-0.2, -0.15) is 0 Å². The SMILES string of the molecule is CC1=c2ccccc2=CCC1.I. The van der Waals surface area contributed by atoms with Gasteiger partial charge in [0.2, 0.25) is 0 Å². The first-order valence-corrected chi connectivity index (χ1v) is 4.13. The van der Waals surface area contributed by atoms with E-state index in [4.69, 9.17) is 0 Å². The van der Waals surface area contributed by atoms with Crippen molar-refractivity contribution >= 4 is 35.6 Å². The highest BCUT2D eigenvalue weighted by atomic mass is 127. The Balaban J connectivity index is 0.000000720. The second kappa shape index (κ2) is 4.08. The van der Waals surface area contributed by atoms with Gasteiger partial charge in [0.05, 0.1) is 0 Å². The Morgan fingerprint density at radius 1 is 1.17 bits per heavy atom. The number of fused-ring (bicyclic) bond motifs is 1. The monoisotopic (exact) mass is 272 g/mol. The summed E-state index contributed by atoms with van der Waals surface area (Å²) in [6.07, 6.45) is 4.77. The van der Waals surface area contributed by atoms with Gasteiger partial charge in [-0.25, -0.2) is 0 Å². The highest BCUT2D eigenvalue weighted by molar-refractivity contribution is 14.0. The lowest BCUT2D eigenvalue weighted by molar-refractivity contribution is 1.07. The van der Waals surface area contributed by atoms with Gasteiger partial charge in [0.1, 0.15) is 0 Å². The van der Waals surface area contributed by atoms with E-state index in [-0.39, 0.29) is 24.0 Å². The highest BCUT2D eigenvalue weighted by Gasteiger charge is 1.96. The minimum absolute atomic E-state index is 0. The van der Waals surface area contributed by atoms with Crippen LogP contribution in [0.2, 0.25) is 0 Å². The van der Waals surface area contributed by atoms with Gasteiger partial charge in [-0.15, -0.1) is 24.0 Å². The van der Waals surface area contributed by atoms with Crippen molar-refractivity contribution in [2.24, 2.45) is 0 Å². The van der Waals surface area contributed by atoms with Crippen LogP contribution in [-0.2, 0) is 0 Å². The molecule has 0 unspecified atom stereocenters. The van der Waals surface area contributed by atoms with Crippen molar-refractivity contribution in [3.05, 3.63) is 34.7 Å². The molecule has 1 heteroatoms. The van der Waals surface area contributed by atoms with E-state index in [0.29, 0.717) is 0 Å². The Kier molecular flexibility index (Phi) is 3.32. The summed E-state index contributed by atoms with van der Waals surface area (Å²) in [4.78, 5) is 0. The Morgan fingerprint density at radius 3 is 2.67 bits per heavy atom. The summed E-state index contributed by atoms with van der Waals surface area (Å²) in [6, 6.07) is 8.62. The molecular formula is C11H13I. The summed E-state index contributed by atoms with van der Waals surface area (Å²) in [5, 5.41) is 2.86. The smallest absolute Gasteiger partial charge is 0.0198 e. The predicted octanol–water partition coefficient (Wildman–Crippen LogP) is 2.05. The van der Waals surface area contributed by atoms with E-state index in [0.717, 1.165) is 0 Å². The van der Waals surface area contributed by atoms with Gasteiger partial charge >= 0.3 is 0 Å². The first kappa shape index (κ1) is 9.78. The maximum Gasteiger partial charge on any atom is -0.0198 e. The standard InChI is InChI=1S/C11H12.HI/c1-9-5-4-7-10-6-2-3-8-11(9)10;/h2-3,6-8H,4-5H2,1H3;1H. The fourth-order valence-electron chi connectivity index (χ4n) is 1.64. The molecule has 0 radical (unpaired) electrons. The van der Waals surface area contributed by atoms with Crippen LogP contribution in [0.5, 0.6) is 0 Å². The van der Waals surface area contributed by atoms with Gasteiger partial charge < -0.3 is 0 Å². The molecule has 0 aromatic heterocycles. The summed E-state index contributed by atoms with van der Waals surface area (Å²) >= 11 is 0. The molecule has 12 heavy (non-hydrogen) atoms. The molecule has 0 heterocycles. The van der Waals surface area contributed by atoms with E-state index in [9.17, 15) is 0 Å². The number of rotatable bonds is 0. The molecule has 0 saturated carbocycles. The fraction of sp³-hybridized carbons (Fsp3) is 0.273. The van der Waals surface area contributed by atoms with Gasteiger partial charge in [-0.3, -0.25) is 0 Å². The molecule has 1 aliphatic rings. The van der Waals surface area contributed by atoms with E-state index in [1.807, 2.05) is 0 Å². The molecule has 1 aliphatic carbocycles. The summed E-state index contributed by atoms with van der Waals surface area (Å²) in [5.41, 5.74) is 1.53. The van der Waals surface area contributed by atoms with E-state index >= 15 is 0 Å². The van der Waals surface area contributed by atoms with Crippen molar-refractivity contribution in [3.8, 4) is 0 Å². The molecule has 2 rings (SSSR count). The third-order valence-corrected chi connectivity index (χ3v) is 2.30. The van der Waals surface area contributed by atoms with Gasteiger partial charge in [0, 0.05) is 0 Å². The summed E-state index contributed by atoms with van der Waals surface area (Å²) in [6.45, 7) is 2.23. The molecule has 0 N–H and O–H groups in total. The first-order valence-electron chi connectivity index (χ1n) is 4.13. The maximum absolute atomic E-state index is 2.32. The maximum atomic E-state index is 2.32. The minimum atomic E-state index is 0. The summed E-state index contributed by atoms with van der Waals surface area (Å²) < 4.78 is 0. The molecule has 0 aliphatic heterocycles. The molecular weight excluding hydrogens is 259 g/mol. The minimum Gasteiger partial charge on any atom is -0.107 e. The summed E-state index contributed by atoms with van der Waals surface area (Å²) in [5.74, 6) is 0. The van der Waals surface area contributed by atoms with Crippen molar-refractivity contribution < 1.29 is 0 Å². The fourth-order valence-corrected chi connectivity index (χ4v) is 1.64. The Bertz CT molecular complexity index is 376. The lowest BCUT2D eigenvalue weighted by atomic mass is 10.0. The summed E-state index contributed by atoms with van der Waals surface area (Å²) in [7, 11) is 0. The second-order valence-corrected chi connectivity index (χ2v) is 3.11. The van der Waals surface area contributed by atoms with Crippen LogP contribution in [0.1, 0.15) is 19.8 Å². The van der Waals surface area contributed by atoms with Crippen LogP contribution in [-0.4, -0.2) is 0 Å². The average Bonchev–Trinajstić information content (AvgIpc) is 2.06. The highest BCUT2D eigenvalue weighted by Crippen LogP contribution is 2.05. The van der Waals surface area contributed by atoms with Crippen LogP contribution < -0.4 is 10.4 Å². The van der Waals surface area contributed by atoms with E-state index in [2.05, 4.69) is 37.3 Å². The van der Waals surface area contributed by atoms with Gasteiger partial charge in [0.15, 0.2) is 0 Å². The van der Waals surface area contributed by atoms with Gasteiger partial charge in [0.25, 0.3) is 0 Å². The Hall–Kier alpha value is -0.310. The predicted molar refractivity (Wildman–Crippen MR) is 63.9 cm³/mol. The topological polar surface area (TPSA) is 0 Å². The van der Waals surface area contributed by atoms with Gasteiger partial charge in [-0.05, 0) is 30.2 Å². The van der Waals surface area contributed by atoms with Crippen molar-refractivity contribution in [2.45, 2.75) is 19.8 Å². The van der Waals surface area contributed by atoms with Crippen LogP contribution in [0.25, 0.3) is 11.6 Å². The lowest BCUT2D eigenvalue weighted by Gasteiger charge is -2.04. The second-order valence-electron chi connectivity index (χ2n) is 3.11. The molecule has 1 aromatic carbocycles. The van der Waals surface area contributed by atoms with Crippen molar-refractivity contribution in [1.29, 1.82) is 0 Å². The van der Waals surface area contributed by atoms with Crippen LogP contribution in [0.15, 0.2) is 24.3 Å². The van der Waals surface area contributed by atoms with Crippen LogP contribution in [0, 0.1) is 0 Å². The van der Waals surface area contributed by atoms with Gasteiger partial charge in [-0.1, -0.05) is 35.9 Å². The number of halogens is 1. The van der Waals surface area contributed by atoms with Crippen LogP contribution in [0.4, 0.5) is 0 Å². The molecule has 64 valence electrons. The molecule has 0 bridgehead atoms. The largest absolute Gasteiger partial charge is 0.107 e. The zero-order valence-electron chi connectivity index (χ0n) is 7.21. The van der Waals surface area contributed by atoms with Crippen molar-refractivity contribution in [2.75, 3.05) is 0 Å². The normalized spacial score (nSPS) is 14.2. The molecule has 0 saturated heterocycles. The van der Waals surface area contributed by atoms with Crippen molar-refractivity contribution in [1.82, 2.24) is 0 Å². The zero-order valence-corrected chi connectivity index (χ0v) is 9.54. The first-order chi connectivity index (χ1) is 5.38. The molecule has 0 amide bonds. The third kappa shape index (κ3) is 1.71. The van der Waals surface area contributed by atoms with E-state index in [1.54, 1.807) is 0 Å². The Morgan fingerprint density at radius 2 is 1.92 bits per heavy atom. The number of benzene rings is 1. The zero-order chi connectivity index (χ0) is 7.68. The molecule has 0 nitrogen and oxygen atoms in total. The molecule has 0 atom stereocenters. The molecule has 0 spiro atoms. The van der Waals surface area contributed by atoms with E-state index in [1.165, 1.54) is 28.9 Å². The number of hydrogen-bond donors (Lipinski definition) is 0. The molecule has 1 aromatic rings. The average molecular weight is 272 g/mol. The van der Waals surface area contributed by atoms with E-state index < -0.39 is 0 Å². The van der Waals surface area contributed by atoms with Crippen LogP contribution >= 0.6 is 24.0 Å². The van der Waals surface area contributed by atoms with Crippen LogP contribution in [0.3, 0.4) is 0 Å². The lowest BCUT2D eigenvalue weighted by Crippen LogP contribution is -2.27. The number of hydrogen-bond acceptors (Lipinski definition) is 0. The van der Waals surface area contributed by atoms with Crippen molar-refractivity contribution in [3.63, 3.8) is 0 Å². The quantitative estimate of drug-likeness (QED) is 0.634. The molecule has 0 fully saturated rings. The Labute approximate surface area is 90.0 Å². The third-order valence-electron chi connectivity index (χ3n) is 2.30.